The van der Waals surface area contributed by atoms with Gasteiger partial charge in [0.1, 0.15) is 5.75 Å². The Morgan fingerprint density at radius 1 is 1.13 bits per heavy atom. The Hall–Kier alpha value is -1.83. The summed E-state index contributed by atoms with van der Waals surface area (Å²) in [6.07, 6.45) is 0. The molecule has 2 rings (SSSR count). The smallest absolute Gasteiger partial charge is 0.311 e. The predicted octanol–water partition coefficient (Wildman–Crippen LogP) is 4.49. The Balaban J connectivity index is 2.42. The first-order valence-electron chi connectivity index (χ1n) is 6.38. The maximum atomic E-state index is 11.8. The van der Waals surface area contributed by atoms with Crippen LogP contribution in [0.3, 0.4) is 0 Å². The number of nitrogens with zero attached hydrogens (tertiary/aromatic N) is 1. The highest BCUT2D eigenvalue weighted by atomic mass is 35.5. The Labute approximate surface area is 142 Å². The molecular formula is C14H11Cl2NO5S. The first-order chi connectivity index (χ1) is 10.7. The van der Waals surface area contributed by atoms with E-state index in [1.807, 2.05) is 0 Å². The summed E-state index contributed by atoms with van der Waals surface area (Å²) in [7, 11) is -3.41. The van der Waals surface area contributed by atoms with Gasteiger partial charge < -0.3 is 4.74 Å². The lowest BCUT2D eigenvalue weighted by Gasteiger charge is -2.10. The van der Waals surface area contributed by atoms with Crippen molar-refractivity contribution in [2.24, 2.45) is 0 Å². The second-order valence-corrected chi connectivity index (χ2v) is 7.59. The van der Waals surface area contributed by atoms with E-state index < -0.39 is 14.8 Å². The van der Waals surface area contributed by atoms with E-state index in [2.05, 4.69) is 0 Å². The van der Waals surface area contributed by atoms with Crippen molar-refractivity contribution in [3.63, 3.8) is 0 Å². The second kappa shape index (κ2) is 6.74. The zero-order valence-electron chi connectivity index (χ0n) is 11.8. The van der Waals surface area contributed by atoms with Gasteiger partial charge in [0.25, 0.3) is 0 Å². The number of nitro groups is 1. The van der Waals surface area contributed by atoms with E-state index in [1.54, 1.807) is 0 Å². The summed E-state index contributed by atoms with van der Waals surface area (Å²) in [5.74, 6) is -0.0638. The first kappa shape index (κ1) is 17.5. The van der Waals surface area contributed by atoms with Crippen LogP contribution in [0.15, 0.2) is 41.3 Å². The van der Waals surface area contributed by atoms with Crippen molar-refractivity contribution in [3.05, 3.63) is 56.6 Å². The third kappa shape index (κ3) is 3.93. The lowest BCUT2D eigenvalue weighted by Crippen LogP contribution is -2.03. The van der Waals surface area contributed by atoms with Crippen molar-refractivity contribution in [3.8, 4) is 11.5 Å². The minimum Gasteiger partial charge on any atom is -0.449 e. The van der Waals surface area contributed by atoms with Crippen LogP contribution >= 0.6 is 23.2 Å². The molecule has 6 nitrogen and oxygen atoms in total. The average Bonchev–Trinajstić information content (AvgIpc) is 2.49. The molecule has 0 aromatic heterocycles. The second-order valence-electron chi connectivity index (χ2n) is 4.47. The molecule has 0 aliphatic heterocycles. The minimum atomic E-state index is -3.41. The zero-order valence-corrected chi connectivity index (χ0v) is 14.2. The van der Waals surface area contributed by atoms with Crippen molar-refractivity contribution in [1.82, 2.24) is 0 Å². The fourth-order valence-electron chi connectivity index (χ4n) is 1.76. The maximum Gasteiger partial charge on any atom is 0.311 e. The number of hydrogen-bond acceptors (Lipinski definition) is 5. The van der Waals surface area contributed by atoms with Crippen LogP contribution in [0.5, 0.6) is 11.5 Å². The van der Waals surface area contributed by atoms with Crippen LogP contribution in [0.25, 0.3) is 0 Å². The summed E-state index contributed by atoms with van der Waals surface area (Å²) in [4.78, 5) is 10.4. The van der Waals surface area contributed by atoms with Crippen LogP contribution in [0.2, 0.25) is 10.0 Å². The summed E-state index contributed by atoms with van der Waals surface area (Å²) in [5, 5.41) is 11.3. The summed E-state index contributed by atoms with van der Waals surface area (Å²) >= 11 is 11.8. The Bertz CT molecular complexity index is 867. The van der Waals surface area contributed by atoms with E-state index in [-0.39, 0.29) is 37.9 Å². The minimum absolute atomic E-state index is 0.0220. The number of hydrogen-bond donors (Lipinski definition) is 0. The van der Waals surface area contributed by atoms with Crippen molar-refractivity contribution >= 4 is 38.7 Å². The number of benzene rings is 2. The number of halogens is 2. The topological polar surface area (TPSA) is 86.5 Å². The van der Waals surface area contributed by atoms with Gasteiger partial charge in [0.05, 0.1) is 20.6 Å². The molecule has 0 amide bonds. The van der Waals surface area contributed by atoms with Gasteiger partial charge in [-0.05, 0) is 24.3 Å². The first-order valence-corrected chi connectivity index (χ1v) is 8.79. The summed E-state index contributed by atoms with van der Waals surface area (Å²) in [6.45, 7) is 1.52. The lowest BCUT2D eigenvalue weighted by atomic mass is 10.3. The van der Waals surface area contributed by atoms with Gasteiger partial charge in [0.15, 0.2) is 9.84 Å². The molecule has 23 heavy (non-hydrogen) atoms. The molecule has 0 atom stereocenters. The molecule has 2 aromatic rings. The van der Waals surface area contributed by atoms with E-state index in [4.69, 9.17) is 27.9 Å². The van der Waals surface area contributed by atoms with E-state index >= 15 is 0 Å². The fourth-order valence-corrected chi connectivity index (χ4v) is 3.12. The SMILES string of the molecule is CCS(=O)(=O)c1ccc(Oc2cc(Cl)ccc2[N+](=O)[O-])c(Cl)c1. The van der Waals surface area contributed by atoms with Gasteiger partial charge >= 0.3 is 5.69 Å². The van der Waals surface area contributed by atoms with Gasteiger partial charge in [-0.1, -0.05) is 30.1 Å². The lowest BCUT2D eigenvalue weighted by molar-refractivity contribution is -0.385. The number of rotatable bonds is 5. The van der Waals surface area contributed by atoms with Crippen LogP contribution in [-0.4, -0.2) is 19.1 Å². The van der Waals surface area contributed by atoms with E-state index in [0.717, 1.165) is 0 Å². The normalized spacial score (nSPS) is 11.3. The number of sulfone groups is 1. The van der Waals surface area contributed by atoms with Crippen LogP contribution in [0.4, 0.5) is 5.69 Å². The van der Waals surface area contributed by atoms with Gasteiger partial charge in [0.2, 0.25) is 5.75 Å². The monoisotopic (exact) mass is 375 g/mol. The Kier molecular flexibility index (Phi) is 5.13. The molecule has 0 aliphatic carbocycles. The van der Waals surface area contributed by atoms with Gasteiger partial charge in [-0.15, -0.1) is 0 Å². The Morgan fingerprint density at radius 3 is 2.39 bits per heavy atom. The van der Waals surface area contributed by atoms with Crippen molar-refractivity contribution < 1.29 is 18.1 Å². The van der Waals surface area contributed by atoms with E-state index in [0.29, 0.717) is 0 Å². The Morgan fingerprint density at radius 2 is 1.83 bits per heavy atom. The predicted molar refractivity (Wildman–Crippen MR) is 87.4 cm³/mol. The van der Waals surface area contributed by atoms with Crippen LogP contribution in [0.1, 0.15) is 6.92 Å². The molecular weight excluding hydrogens is 365 g/mol. The molecule has 0 saturated heterocycles. The van der Waals surface area contributed by atoms with Gasteiger partial charge in [-0.2, -0.15) is 0 Å². The molecule has 0 N–H and O–H groups in total. The van der Waals surface area contributed by atoms with E-state index in [9.17, 15) is 18.5 Å². The summed E-state index contributed by atoms with van der Waals surface area (Å²) < 4.78 is 29.0. The van der Waals surface area contributed by atoms with Crippen LogP contribution in [0, 0.1) is 10.1 Å². The third-order valence-corrected chi connectivity index (χ3v) is 5.24. The summed E-state index contributed by atoms with van der Waals surface area (Å²) in [6, 6.07) is 7.78. The molecule has 0 heterocycles. The van der Waals surface area contributed by atoms with Gasteiger partial charge in [-0.25, -0.2) is 8.42 Å². The molecule has 0 fully saturated rings. The molecule has 0 spiro atoms. The molecule has 0 aliphatic rings. The highest BCUT2D eigenvalue weighted by Gasteiger charge is 2.19. The molecule has 0 unspecified atom stereocenters. The van der Waals surface area contributed by atoms with Gasteiger partial charge in [0, 0.05) is 17.2 Å². The highest BCUT2D eigenvalue weighted by molar-refractivity contribution is 7.91. The molecule has 0 radical (unpaired) electrons. The molecule has 122 valence electrons. The highest BCUT2D eigenvalue weighted by Crippen LogP contribution is 2.37. The molecule has 0 saturated carbocycles. The summed E-state index contributed by atoms with van der Waals surface area (Å²) in [5.41, 5.74) is -0.282. The molecule has 2 aromatic carbocycles. The number of nitro benzene ring substituents is 1. The quantitative estimate of drug-likeness (QED) is 0.567. The van der Waals surface area contributed by atoms with E-state index in [1.165, 1.54) is 43.3 Å². The largest absolute Gasteiger partial charge is 0.449 e. The fraction of sp³-hybridized carbons (Fsp3) is 0.143. The number of ether oxygens (including phenoxy) is 1. The zero-order chi connectivity index (χ0) is 17.2. The maximum absolute atomic E-state index is 11.8. The molecule has 9 heteroatoms. The van der Waals surface area contributed by atoms with Crippen molar-refractivity contribution in [2.45, 2.75) is 11.8 Å². The van der Waals surface area contributed by atoms with Crippen molar-refractivity contribution in [2.75, 3.05) is 5.75 Å². The van der Waals surface area contributed by atoms with Crippen molar-refractivity contribution in [1.29, 1.82) is 0 Å². The molecule has 0 bridgehead atoms. The van der Waals surface area contributed by atoms with Crippen LogP contribution in [-0.2, 0) is 9.84 Å². The third-order valence-electron chi connectivity index (χ3n) is 2.98. The van der Waals surface area contributed by atoms with Gasteiger partial charge in [-0.3, -0.25) is 10.1 Å². The van der Waals surface area contributed by atoms with Crippen LogP contribution < -0.4 is 4.74 Å². The average molecular weight is 376 g/mol. The standard InChI is InChI=1S/C14H11Cl2NO5S/c1-2-23(20,21)10-4-6-13(11(16)8-10)22-14-7-9(15)3-5-12(14)17(18)19/h3-8H,2H2,1H3.